The Kier molecular flexibility index (Phi) is 6.99. The maximum Gasteiger partial charge on any atom is 0.317 e. The molecule has 2 saturated carbocycles. The summed E-state index contributed by atoms with van der Waals surface area (Å²) in [4.78, 5) is 35.2. The minimum absolute atomic E-state index is 0.0357. The molecule has 1 saturated heterocycles. The second-order valence-electron chi connectivity index (χ2n) is 6.95. The number of hydrogen-bond donors (Lipinski definition) is 0. The van der Waals surface area contributed by atoms with E-state index in [9.17, 15) is 14.4 Å². The molecule has 3 rings (SSSR count). The summed E-state index contributed by atoms with van der Waals surface area (Å²) in [5.74, 6) is -1.32. The second kappa shape index (κ2) is 8.79. The normalized spacial score (nSPS) is 33.4. The summed E-state index contributed by atoms with van der Waals surface area (Å²) < 4.78 is 15.8. The number of carbonyl (C=O) groups excluding carboxylic acids is 3. The predicted molar refractivity (Wildman–Crippen MR) is 90.4 cm³/mol. The molecule has 3 aliphatic rings. The van der Waals surface area contributed by atoms with E-state index in [1.54, 1.807) is 0 Å². The van der Waals surface area contributed by atoms with Crippen LogP contribution in [0.15, 0.2) is 0 Å². The topological polar surface area (TPSA) is 78.9 Å². The van der Waals surface area contributed by atoms with E-state index in [1.807, 2.05) is 27.7 Å². The van der Waals surface area contributed by atoms with Gasteiger partial charge in [0.25, 0.3) is 0 Å². The van der Waals surface area contributed by atoms with Crippen LogP contribution in [0, 0.1) is 29.6 Å². The van der Waals surface area contributed by atoms with E-state index >= 15 is 0 Å². The van der Waals surface area contributed by atoms with E-state index in [0.29, 0.717) is 6.61 Å². The zero-order valence-corrected chi connectivity index (χ0v) is 15.7. The lowest BCUT2D eigenvalue weighted by atomic mass is 9.79. The molecule has 0 amide bonds. The van der Waals surface area contributed by atoms with Gasteiger partial charge >= 0.3 is 17.9 Å². The first kappa shape index (κ1) is 19.9. The molecule has 0 N–H and O–H groups in total. The summed E-state index contributed by atoms with van der Waals surface area (Å²) in [7, 11) is 0. The van der Waals surface area contributed by atoms with Gasteiger partial charge in [-0.15, -0.1) is 0 Å². The maximum absolute atomic E-state index is 11.8. The summed E-state index contributed by atoms with van der Waals surface area (Å²) >= 11 is 0. The van der Waals surface area contributed by atoms with Crippen LogP contribution < -0.4 is 0 Å². The molecule has 0 aromatic rings. The fourth-order valence-corrected chi connectivity index (χ4v) is 4.42. The zero-order valence-electron chi connectivity index (χ0n) is 15.7. The molecule has 142 valence electrons. The van der Waals surface area contributed by atoms with Gasteiger partial charge < -0.3 is 14.2 Å². The zero-order chi connectivity index (χ0) is 18.6. The van der Waals surface area contributed by atoms with Gasteiger partial charge in [0.05, 0.1) is 30.5 Å². The molecule has 6 heteroatoms. The van der Waals surface area contributed by atoms with Gasteiger partial charge in [-0.3, -0.25) is 14.4 Å². The lowest BCUT2D eigenvalue weighted by Crippen LogP contribution is -2.35. The molecule has 2 aliphatic carbocycles. The van der Waals surface area contributed by atoms with Crippen molar-refractivity contribution in [2.24, 2.45) is 29.6 Å². The van der Waals surface area contributed by atoms with E-state index in [0.717, 1.165) is 25.7 Å². The summed E-state index contributed by atoms with van der Waals surface area (Å²) in [5.41, 5.74) is 0. The van der Waals surface area contributed by atoms with Crippen molar-refractivity contribution in [2.75, 3.05) is 13.2 Å². The minimum Gasteiger partial charge on any atom is -0.463 e. The SMILES string of the molecule is CC.CCCC(C)C(=O)OCCOC1CC2CC1C1C(=O)OC(=O)C21. The molecular formula is C19H30O6. The van der Waals surface area contributed by atoms with Crippen LogP contribution in [0.1, 0.15) is 53.4 Å². The third-order valence-corrected chi connectivity index (χ3v) is 5.47. The van der Waals surface area contributed by atoms with Crippen LogP contribution in [-0.2, 0) is 28.6 Å². The van der Waals surface area contributed by atoms with Crippen molar-refractivity contribution in [3.8, 4) is 0 Å². The molecule has 25 heavy (non-hydrogen) atoms. The Hall–Kier alpha value is -1.43. The molecule has 0 radical (unpaired) electrons. The van der Waals surface area contributed by atoms with Gasteiger partial charge in [-0.05, 0) is 31.1 Å². The van der Waals surface area contributed by atoms with Crippen molar-refractivity contribution >= 4 is 17.9 Å². The lowest BCUT2D eigenvalue weighted by molar-refractivity contribution is -0.155. The van der Waals surface area contributed by atoms with Crippen LogP contribution in [0.4, 0.5) is 0 Å². The standard InChI is InChI=1S/C17H24O6.C2H6/c1-3-4-9(2)15(18)22-6-5-21-12-8-10-7-11(12)14-13(10)16(19)23-17(14)20;1-2/h9-14H,3-8H2,1-2H3;1-2H3. The number of hydrogen-bond acceptors (Lipinski definition) is 6. The number of cyclic esters (lactones) is 2. The average Bonchev–Trinajstić information content (AvgIpc) is 3.26. The highest BCUT2D eigenvalue weighted by Gasteiger charge is 2.63. The third-order valence-electron chi connectivity index (χ3n) is 5.47. The smallest absolute Gasteiger partial charge is 0.317 e. The van der Waals surface area contributed by atoms with Crippen LogP contribution >= 0.6 is 0 Å². The maximum atomic E-state index is 11.8. The lowest BCUT2D eigenvalue weighted by Gasteiger charge is -2.27. The largest absolute Gasteiger partial charge is 0.463 e. The van der Waals surface area contributed by atoms with E-state index in [2.05, 4.69) is 0 Å². The van der Waals surface area contributed by atoms with Crippen molar-refractivity contribution in [2.45, 2.75) is 59.5 Å². The molecule has 0 aromatic heterocycles. The molecule has 6 nitrogen and oxygen atoms in total. The van der Waals surface area contributed by atoms with Crippen LogP contribution in [-0.4, -0.2) is 37.2 Å². The highest BCUT2D eigenvalue weighted by molar-refractivity contribution is 5.97. The first-order valence-corrected chi connectivity index (χ1v) is 9.56. The Bertz CT molecular complexity index is 502. The van der Waals surface area contributed by atoms with Crippen molar-refractivity contribution in [3.05, 3.63) is 0 Å². The number of fused-ring (bicyclic) bond motifs is 5. The van der Waals surface area contributed by atoms with Gasteiger partial charge in [-0.2, -0.15) is 0 Å². The van der Waals surface area contributed by atoms with Gasteiger partial charge in [0.1, 0.15) is 6.61 Å². The van der Waals surface area contributed by atoms with E-state index in [1.165, 1.54) is 0 Å². The van der Waals surface area contributed by atoms with Crippen LogP contribution in [0.5, 0.6) is 0 Å². The summed E-state index contributed by atoms with van der Waals surface area (Å²) in [6.07, 6.45) is 3.38. The summed E-state index contributed by atoms with van der Waals surface area (Å²) in [5, 5.41) is 0. The molecule has 0 aromatic carbocycles. The fourth-order valence-electron chi connectivity index (χ4n) is 4.42. The van der Waals surface area contributed by atoms with Gasteiger partial charge in [0.15, 0.2) is 0 Å². The molecule has 6 atom stereocenters. The minimum atomic E-state index is -0.388. The number of rotatable bonds is 7. The van der Waals surface area contributed by atoms with Crippen LogP contribution in [0.3, 0.4) is 0 Å². The quantitative estimate of drug-likeness (QED) is 0.397. The molecule has 6 unspecified atom stereocenters. The molecule has 1 heterocycles. The second-order valence-corrected chi connectivity index (χ2v) is 6.95. The van der Waals surface area contributed by atoms with E-state index < -0.39 is 0 Å². The molecule has 3 fully saturated rings. The van der Waals surface area contributed by atoms with Gasteiger partial charge in [0.2, 0.25) is 0 Å². The fraction of sp³-hybridized carbons (Fsp3) is 0.842. The van der Waals surface area contributed by atoms with Crippen molar-refractivity contribution in [1.29, 1.82) is 0 Å². The average molecular weight is 354 g/mol. The van der Waals surface area contributed by atoms with Gasteiger partial charge in [-0.1, -0.05) is 34.1 Å². The molecule has 0 spiro atoms. The van der Waals surface area contributed by atoms with Crippen LogP contribution in [0.2, 0.25) is 0 Å². The Morgan fingerprint density at radius 2 is 1.84 bits per heavy atom. The number of esters is 3. The molecule has 1 aliphatic heterocycles. The van der Waals surface area contributed by atoms with E-state index in [4.69, 9.17) is 14.2 Å². The first-order chi connectivity index (χ1) is 12.0. The Balaban J connectivity index is 0.00000109. The van der Waals surface area contributed by atoms with Gasteiger partial charge in [0, 0.05) is 0 Å². The number of carbonyl (C=O) groups is 3. The third kappa shape index (κ3) is 4.05. The Morgan fingerprint density at radius 1 is 1.16 bits per heavy atom. The highest BCUT2D eigenvalue weighted by Crippen LogP contribution is 2.56. The molecule has 2 bridgehead atoms. The summed E-state index contributed by atoms with van der Waals surface area (Å²) in [6, 6.07) is 0. The number of ether oxygens (including phenoxy) is 3. The van der Waals surface area contributed by atoms with Crippen molar-refractivity contribution in [1.82, 2.24) is 0 Å². The first-order valence-electron chi connectivity index (χ1n) is 9.56. The molecular weight excluding hydrogens is 324 g/mol. The highest BCUT2D eigenvalue weighted by atomic mass is 16.6. The van der Waals surface area contributed by atoms with E-state index in [-0.39, 0.29) is 60.2 Å². The Morgan fingerprint density at radius 3 is 2.52 bits per heavy atom. The predicted octanol–water partition coefficient (Wildman–Crippen LogP) is 2.73. The Labute approximate surface area is 149 Å². The summed E-state index contributed by atoms with van der Waals surface area (Å²) in [6.45, 7) is 8.47. The van der Waals surface area contributed by atoms with Crippen LogP contribution in [0.25, 0.3) is 0 Å². The van der Waals surface area contributed by atoms with Crippen molar-refractivity contribution in [3.63, 3.8) is 0 Å². The monoisotopic (exact) mass is 354 g/mol. The van der Waals surface area contributed by atoms with Gasteiger partial charge in [-0.25, -0.2) is 0 Å². The van der Waals surface area contributed by atoms with Crippen molar-refractivity contribution < 1.29 is 28.6 Å².